The van der Waals surface area contributed by atoms with Gasteiger partial charge >= 0.3 is 17.9 Å². The Labute approximate surface area is 98.5 Å². The highest BCUT2D eigenvalue weighted by Gasteiger charge is 2.43. The van der Waals surface area contributed by atoms with E-state index in [1.807, 2.05) is 0 Å². The predicted molar refractivity (Wildman–Crippen MR) is 55.8 cm³/mol. The molecule has 1 aliphatic heterocycles. The van der Waals surface area contributed by atoms with Gasteiger partial charge in [-0.3, -0.25) is 0 Å². The summed E-state index contributed by atoms with van der Waals surface area (Å²) in [4.78, 5) is 33.6. The molecule has 0 N–H and O–H groups in total. The Balaban J connectivity index is 2.42. The van der Waals surface area contributed by atoms with E-state index in [4.69, 9.17) is 9.47 Å². The molecule has 1 unspecified atom stereocenters. The molecule has 0 aromatic rings. The Morgan fingerprint density at radius 3 is 2.65 bits per heavy atom. The summed E-state index contributed by atoms with van der Waals surface area (Å²) < 4.78 is 14.2. The Kier molecular flexibility index (Phi) is 3.88. The van der Waals surface area contributed by atoms with Crippen LogP contribution in [0.2, 0.25) is 0 Å². The number of carbonyl (C=O) groups is 3. The maximum Gasteiger partial charge on any atom is 0.350 e. The number of cyclic esters (lactones) is 1. The van der Waals surface area contributed by atoms with Crippen LogP contribution in [-0.2, 0) is 28.6 Å². The largest absolute Gasteiger partial charge is 0.463 e. The summed E-state index contributed by atoms with van der Waals surface area (Å²) in [5, 5.41) is 0. The van der Waals surface area contributed by atoms with E-state index in [1.54, 1.807) is 0 Å². The number of rotatable bonds is 4. The van der Waals surface area contributed by atoms with Crippen molar-refractivity contribution >= 4 is 17.9 Å². The lowest BCUT2D eigenvalue weighted by molar-refractivity contribution is -0.175. The van der Waals surface area contributed by atoms with Gasteiger partial charge in [0.25, 0.3) is 0 Å². The molecule has 6 heteroatoms. The van der Waals surface area contributed by atoms with Crippen LogP contribution in [0.5, 0.6) is 0 Å². The molecular weight excluding hydrogens is 228 g/mol. The highest BCUT2D eigenvalue weighted by Crippen LogP contribution is 2.24. The molecule has 1 fully saturated rings. The fourth-order valence-corrected chi connectivity index (χ4v) is 1.21. The molecule has 0 bridgehead atoms. The molecule has 1 atom stereocenters. The van der Waals surface area contributed by atoms with Gasteiger partial charge in [-0.2, -0.15) is 0 Å². The maximum atomic E-state index is 11.3. The van der Waals surface area contributed by atoms with Crippen LogP contribution in [0.3, 0.4) is 0 Å². The summed E-state index contributed by atoms with van der Waals surface area (Å²) in [5.41, 5.74) is -1.09. The van der Waals surface area contributed by atoms with Crippen LogP contribution in [0.15, 0.2) is 12.2 Å². The van der Waals surface area contributed by atoms with Gasteiger partial charge < -0.3 is 14.2 Å². The predicted octanol–water partition coefficient (Wildman–Crippen LogP) is 0.354. The monoisotopic (exact) mass is 242 g/mol. The molecule has 0 radical (unpaired) electrons. The normalized spacial score (nSPS) is 22.8. The first kappa shape index (κ1) is 13.2. The molecule has 17 heavy (non-hydrogen) atoms. The number of esters is 3. The lowest BCUT2D eigenvalue weighted by Gasteiger charge is -2.19. The van der Waals surface area contributed by atoms with Gasteiger partial charge in [0, 0.05) is 12.0 Å². The molecule has 0 aliphatic carbocycles. The van der Waals surface area contributed by atoms with Gasteiger partial charge in [-0.1, -0.05) is 6.58 Å². The van der Waals surface area contributed by atoms with Crippen molar-refractivity contribution in [3.63, 3.8) is 0 Å². The van der Waals surface area contributed by atoms with E-state index in [0.717, 1.165) is 0 Å². The van der Waals surface area contributed by atoms with Crippen LogP contribution in [0, 0.1) is 0 Å². The zero-order chi connectivity index (χ0) is 13.1. The third-order valence-electron chi connectivity index (χ3n) is 2.25. The minimum absolute atomic E-state index is 0.185. The molecule has 0 aromatic heterocycles. The highest BCUT2D eigenvalue weighted by molar-refractivity contribution is 5.89. The lowest BCUT2D eigenvalue weighted by atomic mass is 10.1. The fourth-order valence-electron chi connectivity index (χ4n) is 1.21. The van der Waals surface area contributed by atoms with Crippen LogP contribution in [0.1, 0.15) is 20.3 Å². The Bertz CT molecular complexity index is 372. The fraction of sp³-hybridized carbons (Fsp3) is 0.545. The SMILES string of the molecule is C=C(C)C(=O)OCC(=O)OC1(C)CCOC1=O. The van der Waals surface area contributed by atoms with Crippen molar-refractivity contribution in [3.8, 4) is 0 Å². The Morgan fingerprint density at radius 1 is 1.53 bits per heavy atom. The molecule has 94 valence electrons. The summed E-state index contributed by atoms with van der Waals surface area (Å²) >= 11 is 0. The number of ether oxygens (including phenoxy) is 3. The second-order valence-electron chi connectivity index (χ2n) is 3.95. The zero-order valence-corrected chi connectivity index (χ0v) is 9.78. The topological polar surface area (TPSA) is 78.9 Å². The molecule has 0 amide bonds. The molecular formula is C11H14O6. The molecule has 0 saturated carbocycles. The standard InChI is InChI=1S/C11H14O6/c1-7(2)9(13)16-6-8(12)17-11(3)4-5-15-10(11)14/h1,4-6H2,2-3H3. The van der Waals surface area contributed by atoms with Crippen molar-refractivity contribution in [2.75, 3.05) is 13.2 Å². The average molecular weight is 242 g/mol. The quantitative estimate of drug-likeness (QED) is 0.402. The summed E-state index contributed by atoms with van der Waals surface area (Å²) in [7, 11) is 0. The lowest BCUT2D eigenvalue weighted by Crippen LogP contribution is -2.37. The molecule has 1 rings (SSSR count). The van der Waals surface area contributed by atoms with Crippen LogP contribution < -0.4 is 0 Å². The first-order chi connectivity index (χ1) is 7.85. The Hall–Kier alpha value is -1.85. The third-order valence-corrected chi connectivity index (χ3v) is 2.25. The molecule has 0 spiro atoms. The number of hydrogen-bond donors (Lipinski definition) is 0. The van der Waals surface area contributed by atoms with Crippen molar-refractivity contribution in [1.29, 1.82) is 0 Å². The molecule has 0 aromatic carbocycles. The van der Waals surface area contributed by atoms with Crippen molar-refractivity contribution in [2.24, 2.45) is 0 Å². The van der Waals surface area contributed by atoms with E-state index in [-0.39, 0.29) is 12.2 Å². The Morgan fingerprint density at radius 2 is 2.18 bits per heavy atom. The second-order valence-corrected chi connectivity index (χ2v) is 3.95. The van der Waals surface area contributed by atoms with Crippen molar-refractivity contribution < 1.29 is 28.6 Å². The van der Waals surface area contributed by atoms with Gasteiger partial charge in [0.15, 0.2) is 6.61 Å². The summed E-state index contributed by atoms with van der Waals surface area (Å²) in [6.45, 7) is 5.95. The summed E-state index contributed by atoms with van der Waals surface area (Å²) in [6.07, 6.45) is 0.298. The third kappa shape index (κ3) is 3.30. The van der Waals surface area contributed by atoms with E-state index in [9.17, 15) is 14.4 Å². The van der Waals surface area contributed by atoms with Crippen LogP contribution in [-0.4, -0.2) is 36.7 Å². The van der Waals surface area contributed by atoms with Gasteiger partial charge in [-0.25, -0.2) is 14.4 Å². The van der Waals surface area contributed by atoms with Crippen LogP contribution in [0.4, 0.5) is 0 Å². The second kappa shape index (κ2) is 4.99. The van der Waals surface area contributed by atoms with Crippen LogP contribution >= 0.6 is 0 Å². The van der Waals surface area contributed by atoms with Gasteiger partial charge in [-0.15, -0.1) is 0 Å². The highest BCUT2D eigenvalue weighted by atomic mass is 16.6. The van der Waals surface area contributed by atoms with E-state index >= 15 is 0 Å². The molecule has 6 nitrogen and oxygen atoms in total. The number of carbonyl (C=O) groups excluding carboxylic acids is 3. The number of hydrogen-bond acceptors (Lipinski definition) is 6. The first-order valence-corrected chi connectivity index (χ1v) is 5.07. The van der Waals surface area contributed by atoms with E-state index < -0.39 is 30.1 Å². The van der Waals surface area contributed by atoms with Gasteiger partial charge in [0.2, 0.25) is 5.60 Å². The zero-order valence-electron chi connectivity index (χ0n) is 9.78. The summed E-state index contributed by atoms with van der Waals surface area (Å²) in [5.74, 6) is -2.06. The minimum atomic E-state index is -1.27. The van der Waals surface area contributed by atoms with Gasteiger partial charge in [0.05, 0.1) is 6.61 Å². The average Bonchev–Trinajstić information content (AvgIpc) is 2.55. The smallest absolute Gasteiger partial charge is 0.350 e. The maximum absolute atomic E-state index is 11.3. The van der Waals surface area contributed by atoms with Crippen molar-refractivity contribution in [2.45, 2.75) is 25.9 Å². The molecule has 1 aliphatic rings. The van der Waals surface area contributed by atoms with Crippen LogP contribution in [0.25, 0.3) is 0 Å². The van der Waals surface area contributed by atoms with E-state index in [1.165, 1.54) is 13.8 Å². The minimum Gasteiger partial charge on any atom is -0.463 e. The van der Waals surface area contributed by atoms with Crippen molar-refractivity contribution in [1.82, 2.24) is 0 Å². The summed E-state index contributed by atoms with van der Waals surface area (Å²) in [6, 6.07) is 0. The van der Waals surface area contributed by atoms with Crippen molar-refractivity contribution in [3.05, 3.63) is 12.2 Å². The van der Waals surface area contributed by atoms with Gasteiger partial charge in [-0.05, 0) is 13.8 Å². The van der Waals surface area contributed by atoms with Gasteiger partial charge in [0.1, 0.15) is 0 Å². The first-order valence-electron chi connectivity index (χ1n) is 5.07. The molecule has 1 saturated heterocycles. The van der Waals surface area contributed by atoms with E-state index in [0.29, 0.717) is 6.42 Å². The molecule has 1 heterocycles. The van der Waals surface area contributed by atoms with E-state index in [2.05, 4.69) is 11.3 Å².